The first-order chi connectivity index (χ1) is 9.66. The zero-order chi connectivity index (χ0) is 13.9. The number of fused-ring (bicyclic) bond motifs is 3. The summed E-state index contributed by atoms with van der Waals surface area (Å²) < 4.78 is 0. The van der Waals surface area contributed by atoms with E-state index in [1.54, 1.807) is 0 Å². The van der Waals surface area contributed by atoms with Crippen molar-refractivity contribution in [1.29, 1.82) is 0 Å². The summed E-state index contributed by atoms with van der Waals surface area (Å²) in [5.41, 5.74) is 4.51. The van der Waals surface area contributed by atoms with Gasteiger partial charge in [-0.15, -0.1) is 0 Å². The largest absolute Gasteiger partial charge is 0.367 e. The van der Waals surface area contributed by atoms with Crippen molar-refractivity contribution >= 4 is 11.6 Å². The summed E-state index contributed by atoms with van der Waals surface area (Å²) in [5.74, 6) is 0.959. The van der Waals surface area contributed by atoms with Gasteiger partial charge in [-0.1, -0.05) is 32.0 Å². The zero-order valence-electron chi connectivity index (χ0n) is 12.3. The number of hydrogen-bond donors (Lipinski definition) is 0. The van der Waals surface area contributed by atoms with Crippen LogP contribution >= 0.6 is 0 Å². The van der Waals surface area contributed by atoms with Gasteiger partial charge in [-0.05, 0) is 24.0 Å². The van der Waals surface area contributed by atoms with Gasteiger partial charge < -0.3 is 9.80 Å². The summed E-state index contributed by atoms with van der Waals surface area (Å²) in [5, 5.41) is 0. The van der Waals surface area contributed by atoms with Crippen LogP contribution in [-0.2, 0) is 11.2 Å². The molecule has 3 aliphatic rings. The fourth-order valence-corrected chi connectivity index (χ4v) is 4.33. The maximum atomic E-state index is 12.3. The van der Waals surface area contributed by atoms with Crippen molar-refractivity contribution in [1.82, 2.24) is 4.90 Å². The van der Waals surface area contributed by atoms with Crippen molar-refractivity contribution in [2.45, 2.75) is 38.6 Å². The molecule has 1 saturated heterocycles. The van der Waals surface area contributed by atoms with Crippen molar-refractivity contribution < 1.29 is 4.79 Å². The van der Waals surface area contributed by atoms with E-state index in [4.69, 9.17) is 0 Å². The number of amides is 1. The molecule has 1 amide bonds. The van der Waals surface area contributed by atoms with Gasteiger partial charge in [-0.25, -0.2) is 0 Å². The van der Waals surface area contributed by atoms with E-state index < -0.39 is 0 Å². The zero-order valence-corrected chi connectivity index (χ0v) is 12.3. The van der Waals surface area contributed by atoms with E-state index in [1.807, 2.05) is 13.8 Å². The van der Waals surface area contributed by atoms with E-state index in [0.29, 0.717) is 17.9 Å². The highest BCUT2D eigenvalue weighted by molar-refractivity contribution is 5.79. The Kier molecular flexibility index (Phi) is 2.60. The van der Waals surface area contributed by atoms with Crippen LogP contribution in [0.1, 0.15) is 37.3 Å². The Balaban J connectivity index is 1.67. The summed E-state index contributed by atoms with van der Waals surface area (Å²) in [6.07, 6.45) is 2.32. The Morgan fingerprint density at radius 3 is 2.95 bits per heavy atom. The van der Waals surface area contributed by atoms with E-state index in [-0.39, 0.29) is 5.92 Å². The van der Waals surface area contributed by atoms with Gasteiger partial charge in [-0.3, -0.25) is 4.79 Å². The SMILES string of the molecule is CC(C)C(=O)N1CC[C@@H]2[C@H](C1)c1cccc3c1N2CC3. The number of anilines is 1. The molecule has 0 radical (unpaired) electrons. The van der Waals surface area contributed by atoms with Crippen molar-refractivity contribution in [3.63, 3.8) is 0 Å². The molecule has 0 bridgehead atoms. The first-order valence-electron chi connectivity index (χ1n) is 7.84. The number of nitrogens with zero attached hydrogens (tertiary/aromatic N) is 2. The summed E-state index contributed by atoms with van der Waals surface area (Å²) >= 11 is 0. The van der Waals surface area contributed by atoms with E-state index in [2.05, 4.69) is 28.0 Å². The molecule has 106 valence electrons. The number of piperidine rings is 1. The number of rotatable bonds is 1. The average Bonchev–Trinajstić information content (AvgIpc) is 3.02. The van der Waals surface area contributed by atoms with Crippen molar-refractivity contribution in [2.75, 3.05) is 24.5 Å². The fraction of sp³-hybridized carbons (Fsp3) is 0.588. The van der Waals surface area contributed by atoms with Gasteiger partial charge in [0.15, 0.2) is 0 Å². The molecule has 2 atom stereocenters. The van der Waals surface area contributed by atoms with Crippen LogP contribution < -0.4 is 4.90 Å². The van der Waals surface area contributed by atoms with E-state index in [1.165, 1.54) is 29.8 Å². The number of likely N-dealkylation sites (tertiary alicyclic amines) is 1. The van der Waals surface area contributed by atoms with Gasteiger partial charge >= 0.3 is 0 Å². The molecule has 0 saturated carbocycles. The lowest BCUT2D eigenvalue weighted by molar-refractivity contribution is -0.135. The van der Waals surface area contributed by atoms with Crippen LogP contribution in [0.2, 0.25) is 0 Å². The maximum Gasteiger partial charge on any atom is 0.225 e. The molecule has 0 aliphatic carbocycles. The monoisotopic (exact) mass is 270 g/mol. The Hall–Kier alpha value is -1.51. The van der Waals surface area contributed by atoms with Crippen LogP contribution in [0.25, 0.3) is 0 Å². The third kappa shape index (κ3) is 1.55. The standard InChI is InChI=1S/C17H22N2O/c1-11(2)17(20)18-8-7-15-14(10-18)13-5-3-4-12-6-9-19(15)16(12)13/h3-5,11,14-15H,6-10H2,1-2H3/t14-,15-/m1/s1. The molecule has 3 heterocycles. The average molecular weight is 270 g/mol. The van der Waals surface area contributed by atoms with Gasteiger partial charge in [0.05, 0.1) is 0 Å². The molecule has 20 heavy (non-hydrogen) atoms. The minimum absolute atomic E-state index is 0.114. The second-order valence-corrected chi connectivity index (χ2v) is 6.70. The predicted octanol–water partition coefficient (Wildman–Crippen LogP) is 2.40. The highest BCUT2D eigenvalue weighted by atomic mass is 16.2. The first kappa shape index (κ1) is 12.2. The topological polar surface area (TPSA) is 23.6 Å². The van der Waals surface area contributed by atoms with Gasteiger partial charge in [-0.2, -0.15) is 0 Å². The number of carbonyl (C=O) groups excluding carboxylic acids is 1. The summed E-state index contributed by atoms with van der Waals surface area (Å²) in [4.78, 5) is 17.0. The molecular formula is C17H22N2O. The van der Waals surface area contributed by atoms with Crippen molar-refractivity contribution in [3.05, 3.63) is 29.3 Å². The number of benzene rings is 1. The lowest BCUT2D eigenvalue weighted by Crippen LogP contribution is -2.49. The Labute approximate surface area is 120 Å². The number of para-hydroxylation sites is 1. The van der Waals surface area contributed by atoms with Crippen LogP contribution in [0.4, 0.5) is 5.69 Å². The van der Waals surface area contributed by atoms with Crippen LogP contribution in [0, 0.1) is 5.92 Å². The van der Waals surface area contributed by atoms with E-state index in [9.17, 15) is 4.79 Å². The van der Waals surface area contributed by atoms with Crippen LogP contribution in [0.5, 0.6) is 0 Å². The van der Waals surface area contributed by atoms with Gasteiger partial charge in [0.1, 0.15) is 0 Å². The Morgan fingerprint density at radius 2 is 2.15 bits per heavy atom. The third-order valence-electron chi connectivity index (χ3n) is 5.24. The van der Waals surface area contributed by atoms with Crippen molar-refractivity contribution in [3.8, 4) is 0 Å². The van der Waals surface area contributed by atoms with Gasteiger partial charge in [0, 0.05) is 43.2 Å². The molecule has 1 fully saturated rings. The Morgan fingerprint density at radius 1 is 1.30 bits per heavy atom. The normalized spacial score (nSPS) is 26.9. The third-order valence-corrected chi connectivity index (χ3v) is 5.24. The molecule has 1 aromatic rings. The van der Waals surface area contributed by atoms with Crippen molar-refractivity contribution in [2.24, 2.45) is 5.92 Å². The second kappa shape index (κ2) is 4.24. The molecule has 4 rings (SSSR count). The highest BCUT2D eigenvalue weighted by Gasteiger charge is 2.45. The molecule has 3 heteroatoms. The number of carbonyl (C=O) groups is 1. The molecule has 3 aliphatic heterocycles. The summed E-state index contributed by atoms with van der Waals surface area (Å²) in [6.45, 7) is 7.02. The predicted molar refractivity (Wildman–Crippen MR) is 80.1 cm³/mol. The highest BCUT2D eigenvalue weighted by Crippen LogP contribution is 2.49. The minimum Gasteiger partial charge on any atom is -0.367 e. The lowest BCUT2D eigenvalue weighted by atomic mass is 9.87. The summed E-state index contributed by atoms with van der Waals surface area (Å²) in [7, 11) is 0. The number of hydrogen-bond acceptors (Lipinski definition) is 2. The molecule has 0 N–H and O–H groups in total. The van der Waals surface area contributed by atoms with Crippen LogP contribution in [0.15, 0.2) is 18.2 Å². The molecule has 0 spiro atoms. The molecule has 0 unspecified atom stereocenters. The van der Waals surface area contributed by atoms with Gasteiger partial charge in [0.2, 0.25) is 5.91 Å². The Bertz CT molecular complexity index is 566. The second-order valence-electron chi connectivity index (χ2n) is 6.70. The summed E-state index contributed by atoms with van der Waals surface area (Å²) in [6, 6.07) is 7.38. The van der Waals surface area contributed by atoms with E-state index in [0.717, 1.165) is 19.5 Å². The smallest absolute Gasteiger partial charge is 0.225 e. The molecular weight excluding hydrogens is 248 g/mol. The fourth-order valence-electron chi connectivity index (χ4n) is 4.33. The van der Waals surface area contributed by atoms with E-state index >= 15 is 0 Å². The van der Waals surface area contributed by atoms with Crippen LogP contribution in [-0.4, -0.2) is 36.5 Å². The maximum absolute atomic E-state index is 12.3. The molecule has 0 aromatic heterocycles. The molecule has 3 nitrogen and oxygen atoms in total. The lowest BCUT2D eigenvalue weighted by Gasteiger charge is -2.39. The molecule has 1 aromatic carbocycles. The minimum atomic E-state index is 0.114. The van der Waals surface area contributed by atoms with Gasteiger partial charge in [0.25, 0.3) is 0 Å². The van der Waals surface area contributed by atoms with Crippen LogP contribution in [0.3, 0.4) is 0 Å². The first-order valence-corrected chi connectivity index (χ1v) is 7.84. The quantitative estimate of drug-likeness (QED) is 0.782.